The predicted molar refractivity (Wildman–Crippen MR) is 87.5 cm³/mol. The van der Waals surface area contributed by atoms with Crippen LogP contribution in [-0.4, -0.2) is 20.7 Å². The van der Waals surface area contributed by atoms with Gasteiger partial charge in [-0.1, -0.05) is 24.4 Å². The van der Waals surface area contributed by atoms with Crippen molar-refractivity contribution >= 4 is 28.8 Å². The van der Waals surface area contributed by atoms with Crippen molar-refractivity contribution in [3.8, 4) is 0 Å². The van der Waals surface area contributed by atoms with E-state index in [-0.39, 0.29) is 5.91 Å². The summed E-state index contributed by atoms with van der Waals surface area (Å²) in [5.41, 5.74) is 8.64. The molecule has 3 N–H and O–H groups in total. The van der Waals surface area contributed by atoms with Gasteiger partial charge in [-0.15, -0.1) is 0 Å². The van der Waals surface area contributed by atoms with Crippen LogP contribution in [-0.2, 0) is 13.0 Å². The number of hydrogen-bond donors (Lipinski definition) is 2. The van der Waals surface area contributed by atoms with Crippen molar-refractivity contribution in [3.05, 3.63) is 47.3 Å². The number of nitrogens with two attached hydrogens (primary N) is 1. The van der Waals surface area contributed by atoms with Gasteiger partial charge in [-0.25, -0.2) is 0 Å². The van der Waals surface area contributed by atoms with Crippen LogP contribution < -0.4 is 11.1 Å². The Morgan fingerprint density at radius 2 is 2.05 bits per heavy atom. The number of anilines is 1. The highest BCUT2D eigenvalue weighted by atomic mass is 32.1. The zero-order chi connectivity index (χ0) is 15.4. The molecule has 0 radical (unpaired) electrons. The summed E-state index contributed by atoms with van der Waals surface area (Å²) >= 11 is 4.87. The SMILES string of the molecule is CCn1nc(C)cc1C(=O)Nc1ccc(CC(N)=S)cc1. The van der Waals surface area contributed by atoms with Crippen LogP contribution in [0.25, 0.3) is 0 Å². The predicted octanol–water partition coefficient (Wildman–Crippen LogP) is 2.29. The van der Waals surface area contributed by atoms with Gasteiger partial charge in [0.1, 0.15) is 5.69 Å². The summed E-state index contributed by atoms with van der Waals surface area (Å²) in [5, 5.41) is 7.13. The first-order valence-electron chi connectivity index (χ1n) is 6.72. The van der Waals surface area contributed by atoms with Gasteiger partial charge in [0, 0.05) is 18.7 Å². The van der Waals surface area contributed by atoms with E-state index in [0.717, 1.165) is 16.9 Å². The van der Waals surface area contributed by atoms with Crippen molar-refractivity contribution in [3.63, 3.8) is 0 Å². The lowest BCUT2D eigenvalue weighted by Gasteiger charge is -2.07. The van der Waals surface area contributed by atoms with Crippen LogP contribution >= 0.6 is 12.2 Å². The second-order valence-electron chi connectivity index (χ2n) is 4.78. The van der Waals surface area contributed by atoms with E-state index in [2.05, 4.69) is 10.4 Å². The summed E-state index contributed by atoms with van der Waals surface area (Å²) in [6.45, 7) is 4.48. The van der Waals surface area contributed by atoms with Gasteiger partial charge in [-0.3, -0.25) is 9.48 Å². The molecule has 2 rings (SSSR count). The summed E-state index contributed by atoms with van der Waals surface area (Å²) in [4.78, 5) is 12.7. The van der Waals surface area contributed by atoms with Gasteiger partial charge in [0.15, 0.2) is 0 Å². The third kappa shape index (κ3) is 3.88. The lowest BCUT2D eigenvalue weighted by Crippen LogP contribution is -2.17. The summed E-state index contributed by atoms with van der Waals surface area (Å²) in [5.74, 6) is -0.167. The van der Waals surface area contributed by atoms with Gasteiger partial charge in [-0.2, -0.15) is 5.10 Å². The van der Waals surface area contributed by atoms with E-state index in [4.69, 9.17) is 18.0 Å². The molecule has 21 heavy (non-hydrogen) atoms. The van der Waals surface area contributed by atoms with Crippen LogP contribution in [0, 0.1) is 6.92 Å². The smallest absolute Gasteiger partial charge is 0.273 e. The molecule has 1 amide bonds. The maximum Gasteiger partial charge on any atom is 0.273 e. The van der Waals surface area contributed by atoms with Gasteiger partial charge in [-0.05, 0) is 37.6 Å². The van der Waals surface area contributed by atoms with E-state index in [1.807, 2.05) is 38.1 Å². The van der Waals surface area contributed by atoms with E-state index in [0.29, 0.717) is 23.6 Å². The number of nitrogens with one attached hydrogen (secondary N) is 1. The molecular formula is C15H18N4OS. The molecule has 5 nitrogen and oxygen atoms in total. The molecule has 0 aliphatic carbocycles. The Morgan fingerprint density at radius 3 is 2.62 bits per heavy atom. The number of aromatic nitrogens is 2. The van der Waals surface area contributed by atoms with E-state index in [9.17, 15) is 4.79 Å². The van der Waals surface area contributed by atoms with Crippen LogP contribution in [0.1, 0.15) is 28.7 Å². The molecule has 0 saturated carbocycles. The van der Waals surface area contributed by atoms with E-state index in [1.54, 1.807) is 10.7 Å². The largest absolute Gasteiger partial charge is 0.393 e. The number of carbonyl (C=O) groups excluding carboxylic acids is 1. The molecule has 0 aliphatic rings. The number of amides is 1. The minimum absolute atomic E-state index is 0.167. The van der Waals surface area contributed by atoms with Crippen molar-refractivity contribution in [2.24, 2.45) is 5.73 Å². The molecule has 0 unspecified atom stereocenters. The molecule has 0 saturated heterocycles. The van der Waals surface area contributed by atoms with Crippen LogP contribution in [0.3, 0.4) is 0 Å². The molecule has 1 heterocycles. The molecule has 6 heteroatoms. The molecule has 1 aromatic heterocycles. The molecule has 0 spiro atoms. The first kappa shape index (κ1) is 15.2. The van der Waals surface area contributed by atoms with Crippen molar-refractivity contribution in [1.82, 2.24) is 9.78 Å². The highest BCUT2D eigenvalue weighted by Crippen LogP contribution is 2.13. The van der Waals surface area contributed by atoms with Crippen LogP contribution in [0.2, 0.25) is 0 Å². The Balaban J connectivity index is 2.10. The van der Waals surface area contributed by atoms with Crippen molar-refractivity contribution in [1.29, 1.82) is 0 Å². The summed E-state index contributed by atoms with van der Waals surface area (Å²) < 4.78 is 1.69. The number of hydrogen-bond acceptors (Lipinski definition) is 3. The highest BCUT2D eigenvalue weighted by molar-refractivity contribution is 7.80. The first-order chi connectivity index (χ1) is 9.99. The average molecular weight is 302 g/mol. The van der Waals surface area contributed by atoms with Crippen molar-refractivity contribution in [2.45, 2.75) is 26.8 Å². The van der Waals surface area contributed by atoms with Crippen LogP contribution in [0.5, 0.6) is 0 Å². The van der Waals surface area contributed by atoms with Crippen molar-refractivity contribution in [2.75, 3.05) is 5.32 Å². The van der Waals surface area contributed by atoms with E-state index in [1.165, 1.54) is 0 Å². The van der Waals surface area contributed by atoms with Crippen LogP contribution in [0.15, 0.2) is 30.3 Å². The summed E-state index contributed by atoms with van der Waals surface area (Å²) in [6, 6.07) is 9.25. The maximum atomic E-state index is 12.3. The Kier molecular flexibility index (Phi) is 4.70. The molecule has 0 atom stereocenters. The molecule has 2 aromatic rings. The summed E-state index contributed by atoms with van der Waals surface area (Å²) in [7, 11) is 0. The number of carbonyl (C=O) groups is 1. The van der Waals surface area contributed by atoms with E-state index < -0.39 is 0 Å². The maximum absolute atomic E-state index is 12.3. The van der Waals surface area contributed by atoms with Crippen molar-refractivity contribution < 1.29 is 4.79 Å². The topological polar surface area (TPSA) is 72.9 Å². The zero-order valence-electron chi connectivity index (χ0n) is 12.1. The summed E-state index contributed by atoms with van der Waals surface area (Å²) in [6.07, 6.45) is 0.561. The fourth-order valence-corrected chi connectivity index (χ4v) is 2.24. The lowest BCUT2D eigenvalue weighted by molar-refractivity contribution is 0.101. The minimum atomic E-state index is -0.167. The highest BCUT2D eigenvalue weighted by Gasteiger charge is 2.13. The number of aryl methyl sites for hydroxylation is 2. The van der Waals surface area contributed by atoms with Gasteiger partial charge in [0.25, 0.3) is 5.91 Å². The molecule has 0 aliphatic heterocycles. The molecule has 110 valence electrons. The molecule has 0 bridgehead atoms. The lowest BCUT2D eigenvalue weighted by atomic mass is 10.1. The minimum Gasteiger partial charge on any atom is -0.393 e. The normalized spacial score (nSPS) is 10.4. The molecule has 1 aromatic carbocycles. The number of benzene rings is 1. The quantitative estimate of drug-likeness (QED) is 0.831. The average Bonchev–Trinajstić information content (AvgIpc) is 2.82. The fraction of sp³-hybridized carbons (Fsp3) is 0.267. The molecule has 0 fully saturated rings. The second-order valence-corrected chi connectivity index (χ2v) is 5.31. The van der Waals surface area contributed by atoms with Gasteiger partial charge < -0.3 is 11.1 Å². The third-order valence-electron chi connectivity index (χ3n) is 3.02. The van der Waals surface area contributed by atoms with Gasteiger partial charge >= 0.3 is 0 Å². The fourth-order valence-electron chi connectivity index (χ4n) is 2.07. The second kappa shape index (κ2) is 6.49. The Labute approximate surface area is 129 Å². The Bertz CT molecular complexity index is 661. The monoisotopic (exact) mass is 302 g/mol. The van der Waals surface area contributed by atoms with Crippen LogP contribution in [0.4, 0.5) is 5.69 Å². The van der Waals surface area contributed by atoms with Gasteiger partial charge in [0.2, 0.25) is 0 Å². The number of nitrogens with zero attached hydrogens (tertiary/aromatic N) is 2. The van der Waals surface area contributed by atoms with E-state index >= 15 is 0 Å². The standard InChI is InChI=1S/C15H18N4OS/c1-3-19-13(8-10(2)18-19)15(20)17-12-6-4-11(5-7-12)9-14(16)21/h4-8H,3,9H2,1-2H3,(H2,16,21)(H,17,20). The Morgan fingerprint density at radius 1 is 1.38 bits per heavy atom. The van der Waals surface area contributed by atoms with Gasteiger partial charge in [0.05, 0.1) is 10.7 Å². The number of rotatable bonds is 5. The number of thiocarbonyl (C=S) groups is 1. The third-order valence-corrected chi connectivity index (χ3v) is 3.17. The Hall–Kier alpha value is -2.21. The zero-order valence-corrected chi connectivity index (χ0v) is 12.9. The first-order valence-corrected chi connectivity index (χ1v) is 7.13. The molecular weight excluding hydrogens is 284 g/mol.